The fraction of sp³-hybridized carbons (Fsp3) is 0.133. The zero-order valence-electron chi connectivity index (χ0n) is 11.0. The molecule has 5 heteroatoms. The van der Waals surface area contributed by atoms with Crippen molar-refractivity contribution >= 4 is 38.4 Å². The number of thioether (sulfide) groups is 1. The molecule has 3 nitrogen and oxygen atoms in total. The maximum atomic E-state index is 5.72. The van der Waals surface area contributed by atoms with Crippen molar-refractivity contribution in [3.8, 4) is 5.75 Å². The van der Waals surface area contributed by atoms with E-state index in [-0.39, 0.29) is 0 Å². The molecule has 20 heavy (non-hydrogen) atoms. The average molecular weight is 302 g/mol. The summed E-state index contributed by atoms with van der Waals surface area (Å²) in [5.41, 5.74) is 7.97. The Hall–Kier alpha value is -1.72. The van der Waals surface area contributed by atoms with Gasteiger partial charge in [0.2, 0.25) is 0 Å². The summed E-state index contributed by atoms with van der Waals surface area (Å²) >= 11 is 3.34. The quantitative estimate of drug-likeness (QED) is 0.734. The van der Waals surface area contributed by atoms with Crippen molar-refractivity contribution in [2.24, 2.45) is 0 Å². The lowest BCUT2D eigenvalue weighted by atomic mass is 10.2. The maximum absolute atomic E-state index is 5.72. The van der Waals surface area contributed by atoms with Crippen LogP contribution in [0.4, 0.5) is 5.13 Å². The summed E-state index contributed by atoms with van der Waals surface area (Å²) < 4.78 is 6.30. The Bertz CT molecular complexity index is 722. The predicted molar refractivity (Wildman–Crippen MR) is 86.6 cm³/mol. The fourth-order valence-electron chi connectivity index (χ4n) is 1.90. The molecule has 102 valence electrons. The van der Waals surface area contributed by atoms with Crippen LogP contribution >= 0.6 is 23.1 Å². The van der Waals surface area contributed by atoms with E-state index in [1.165, 1.54) is 21.8 Å². The molecule has 0 atom stereocenters. The monoisotopic (exact) mass is 302 g/mol. The highest BCUT2D eigenvalue weighted by atomic mass is 32.2. The van der Waals surface area contributed by atoms with E-state index < -0.39 is 0 Å². The van der Waals surface area contributed by atoms with Crippen molar-refractivity contribution in [3.05, 3.63) is 48.0 Å². The molecule has 0 saturated carbocycles. The van der Waals surface area contributed by atoms with Crippen LogP contribution in [0.1, 0.15) is 5.56 Å². The molecular formula is C15H14N2OS2. The molecule has 0 amide bonds. The number of ether oxygens (including phenoxy) is 1. The number of anilines is 1. The van der Waals surface area contributed by atoms with Crippen LogP contribution in [0.5, 0.6) is 5.75 Å². The van der Waals surface area contributed by atoms with Gasteiger partial charge in [0.15, 0.2) is 5.13 Å². The van der Waals surface area contributed by atoms with Crippen LogP contribution in [0.15, 0.2) is 47.4 Å². The molecule has 3 rings (SSSR count). The summed E-state index contributed by atoms with van der Waals surface area (Å²) in [6, 6.07) is 14.4. The molecule has 0 aliphatic rings. The third-order valence-corrected chi connectivity index (χ3v) is 4.85. The minimum atomic E-state index is 0.623. The van der Waals surface area contributed by atoms with E-state index >= 15 is 0 Å². The van der Waals surface area contributed by atoms with E-state index in [0.29, 0.717) is 5.13 Å². The Morgan fingerprint density at radius 2 is 2.00 bits per heavy atom. The Balaban J connectivity index is 1.72. The molecule has 2 N–H and O–H groups in total. The highest BCUT2D eigenvalue weighted by molar-refractivity contribution is 7.98. The van der Waals surface area contributed by atoms with Gasteiger partial charge in [0.25, 0.3) is 0 Å². The molecule has 0 radical (unpaired) electrons. The topological polar surface area (TPSA) is 48.1 Å². The third-order valence-electron chi connectivity index (χ3n) is 2.94. The first-order chi connectivity index (χ1) is 9.74. The number of benzene rings is 2. The molecule has 3 aromatic rings. The third kappa shape index (κ3) is 2.89. The van der Waals surface area contributed by atoms with Crippen LogP contribution < -0.4 is 10.5 Å². The highest BCUT2D eigenvalue weighted by Crippen LogP contribution is 2.30. The minimum absolute atomic E-state index is 0.623. The first-order valence-electron chi connectivity index (χ1n) is 6.16. The van der Waals surface area contributed by atoms with Gasteiger partial charge in [-0.05, 0) is 35.9 Å². The zero-order valence-corrected chi connectivity index (χ0v) is 12.6. The van der Waals surface area contributed by atoms with Crippen molar-refractivity contribution in [1.29, 1.82) is 0 Å². The number of rotatable bonds is 4. The molecule has 0 saturated heterocycles. The average Bonchev–Trinajstić information content (AvgIpc) is 2.85. The number of nitrogens with two attached hydrogens (primary N) is 1. The zero-order chi connectivity index (χ0) is 13.9. The number of methoxy groups -OCH3 is 1. The maximum Gasteiger partial charge on any atom is 0.181 e. The molecule has 2 aromatic carbocycles. The van der Waals surface area contributed by atoms with Gasteiger partial charge in [0, 0.05) is 10.6 Å². The van der Waals surface area contributed by atoms with Crippen LogP contribution in [0.25, 0.3) is 10.2 Å². The van der Waals surface area contributed by atoms with Gasteiger partial charge in [0.05, 0.1) is 17.3 Å². The normalized spacial score (nSPS) is 10.8. The molecule has 0 fully saturated rings. The molecule has 0 unspecified atom stereocenters. The number of thiazole rings is 1. The van der Waals surface area contributed by atoms with Crippen molar-refractivity contribution in [3.63, 3.8) is 0 Å². The minimum Gasteiger partial charge on any atom is -0.497 e. The van der Waals surface area contributed by atoms with Gasteiger partial charge in [0.1, 0.15) is 5.75 Å². The molecule has 1 aromatic heterocycles. The van der Waals surface area contributed by atoms with Crippen LogP contribution in [0.2, 0.25) is 0 Å². The standard InChI is InChI=1S/C15H14N2OS2/c1-18-11-4-2-10(3-5-11)9-19-12-6-7-13-14(8-12)20-15(16)17-13/h2-8H,9H2,1H3,(H2,16,17). The van der Waals surface area contributed by atoms with Crippen molar-refractivity contribution in [2.75, 3.05) is 12.8 Å². The summed E-state index contributed by atoms with van der Waals surface area (Å²) in [7, 11) is 1.68. The van der Waals surface area contributed by atoms with E-state index in [2.05, 4.69) is 29.2 Å². The SMILES string of the molecule is COc1ccc(CSc2ccc3nc(N)sc3c2)cc1. The predicted octanol–water partition coefficient (Wildman–Crippen LogP) is 4.18. The van der Waals surface area contributed by atoms with Gasteiger partial charge < -0.3 is 10.5 Å². The Morgan fingerprint density at radius 1 is 1.20 bits per heavy atom. The van der Waals surface area contributed by atoms with Crippen LogP contribution in [0.3, 0.4) is 0 Å². The van der Waals surface area contributed by atoms with Gasteiger partial charge in [-0.2, -0.15) is 0 Å². The van der Waals surface area contributed by atoms with Gasteiger partial charge in [-0.3, -0.25) is 0 Å². The lowest BCUT2D eigenvalue weighted by molar-refractivity contribution is 0.414. The first kappa shape index (κ1) is 13.3. The summed E-state index contributed by atoms with van der Waals surface area (Å²) in [4.78, 5) is 5.50. The number of hydrogen-bond acceptors (Lipinski definition) is 5. The fourth-order valence-corrected chi connectivity index (χ4v) is 3.64. The Labute approximate surface area is 125 Å². The molecule has 1 heterocycles. The van der Waals surface area contributed by atoms with E-state index in [9.17, 15) is 0 Å². The number of nitrogens with zero attached hydrogens (tertiary/aromatic N) is 1. The Morgan fingerprint density at radius 3 is 2.75 bits per heavy atom. The second-order valence-corrected chi connectivity index (χ2v) is 6.43. The number of aromatic nitrogens is 1. The smallest absolute Gasteiger partial charge is 0.181 e. The molecule has 0 aliphatic heterocycles. The van der Waals surface area contributed by atoms with Crippen molar-refractivity contribution in [2.45, 2.75) is 10.6 Å². The summed E-state index contributed by atoms with van der Waals surface area (Å²) in [5.74, 6) is 1.82. The van der Waals surface area contributed by atoms with E-state index in [1.54, 1.807) is 7.11 Å². The lowest BCUT2D eigenvalue weighted by Crippen LogP contribution is -1.84. The number of nitrogen functional groups attached to an aromatic ring is 1. The van der Waals surface area contributed by atoms with E-state index in [1.807, 2.05) is 30.0 Å². The van der Waals surface area contributed by atoms with E-state index in [0.717, 1.165) is 21.7 Å². The van der Waals surface area contributed by atoms with Crippen molar-refractivity contribution < 1.29 is 4.74 Å². The molecule has 0 aliphatic carbocycles. The lowest BCUT2D eigenvalue weighted by Gasteiger charge is -2.04. The van der Waals surface area contributed by atoms with Crippen LogP contribution in [-0.2, 0) is 5.75 Å². The molecule has 0 spiro atoms. The summed E-state index contributed by atoms with van der Waals surface area (Å²) in [6.07, 6.45) is 0. The Kier molecular flexibility index (Phi) is 3.80. The number of fused-ring (bicyclic) bond motifs is 1. The van der Waals surface area contributed by atoms with E-state index in [4.69, 9.17) is 10.5 Å². The molecular weight excluding hydrogens is 288 g/mol. The van der Waals surface area contributed by atoms with Gasteiger partial charge >= 0.3 is 0 Å². The molecule has 0 bridgehead atoms. The number of hydrogen-bond donors (Lipinski definition) is 1. The largest absolute Gasteiger partial charge is 0.497 e. The van der Waals surface area contributed by atoms with Crippen molar-refractivity contribution in [1.82, 2.24) is 4.98 Å². The van der Waals surface area contributed by atoms with Gasteiger partial charge in [-0.25, -0.2) is 4.98 Å². The second-order valence-electron chi connectivity index (χ2n) is 4.32. The van der Waals surface area contributed by atoms with Crippen LogP contribution in [0, 0.1) is 0 Å². The van der Waals surface area contributed by atoms with Gasteiger partial charge in [-0.15, -0.1) is 11.8 Å². The highest BCUT2D eigenvalue weighted by Gasteiger charge is 2.03. The second kappa shape index (κ2) is 5.73. The first-order valence-corrected chi connectivity index (χ1v) is 7.96. The summed E-state index contributed by atoms with van der Waals surface area (Å²) in [6.45, 7) is 0. The van der Waals surface area contributed by atoms with Gasteiger partial charge in [-0.1, -0.05) is 23.5 Å². The summed E-state index contributed by atoms with van der Waals surface area (Å²) in [5, 5.41) is 0.623. The van der Waals surface area contributed by atoms with Crippen LogP contribution in [-0.4, -0.2) is 12.1 Å².